The molecule has 0 aromatic rings. The molecule has 0 aliphatic heterocycles. The van der Waals surface area contributed by atoms with E-state index in [4.69, 9.17) is 5.11 Å². The van der Waals surface area contributed by atoms with Crippen molar-refractivity contribution >= 4 is 5.78 Å². The molecule has 10 heavy (non-hydrogen) atoms. The Balaban J connectivity index is 2.37. The molecule has 0 aromatic carbocycles. The second-order valence-corrected chi connectivity index (χ2v) is 2.98. The van der Waals surface area contributed by atoms with Crippen LogP contribution in [0.3, 0.4) is 0 Å². The van der Waals surface area contributed by atoms with Gasteiger partial charge in [-0.3, -0.25) is 4.79 Å². The van der Waals surface area contributed by atoms with E-state index in [1.807, 2.05) is 6.92 Å². The summed E-state index contributed by atoms with van der Waals surface area (Å²) in [5.41, 5.74) is 0. The highest BCUT2D eigenvalue weighted by Gasteiger charge is 2.26. The van der Waals surface area contributed by atoms with Crippen molar-refractivity contribution in [2.75, 3.05) is 0 Å². The number of Topliss-reactive ketones (excluding diaryl/α,β-unsaturated/α-hetero) is 1. The van der Waals surface area contributed by atoms with Crippen LogP contribution in [0.1, 0.15) is 32.6 Å². The average Bonchev–Trinajstić information content (AvgIpc) is 2.34. The van der Waals surface area contributed by atoms with E-state index in [1.54, 1.807) is 0 Å². The van der Waals surface area contributed by atoms with E-state index in [0.717, 1.165) is 12.8 Å². The zero-order chi connectivity index (χ0) is 7.56. The molecule has 0 spiro atoms. The van der Waals surface area contributed by atoms with Crippen LogP contribution in [0.15, 0.2) is 0 Å². The zero-order valence-corrected chi connectivity index (χ0v) is 6.34. The quantitative estimate of drug-likeness (QED) is 0.627. The first-order valence-corrected chi connectivity index (χ1v) is 3.94. The molecule has 0 amide bonds. The van der Waals surface area contributed by atoms with Gasteiger partial charge in [0.15, 0.2) is 0 Å². The van der Waals surface area contributed by atoms with Gasteiger partial charge in [-0.05, 0) is 19.3 Å². The molecule has 1 aliphatic rings. The number of rotatable bonds is 2. The number of hydrogen-bond donors (Lipinski definition) is 1. The number of hydrogen-bond acceptors (Lipinski definition) is 2. The molecule has 1 fully saturated rings. The van der Waals surface area contributed by atoms with Gasteiger partial charge in [0.1, 0.15) is 5.78 Å². The van der Waals surface area contributed by atoms with Gasteiger partial charge in [-0.2, -0.15) is 0 Å². The molecule has 1 rings (SSSR count). The summed E-state index contributed by atoms with van der Waals surface area (Å²) in [6, 6.07) is 0. The molecule has 2 nitrogen and oxygen atoms in total. The highest BCUT2D eigenvalue weighted by atomic mass is 16.3. The Bertz CT molecular complexity index is 131. The molecule has 2 atom stereocenters. The zero-order valence-electron chi connectivity index (χ0n) is 6.34. The summed E-state index contributed by atoms with van der Waals surface area (Å²) >= 11 is 0. The van der Waals surface area contributed by atoms with E-state index in [2.05, 4.69) is 0 Å². The molecule has 0 aromatic heterocycles. The van der Waals surface area contributed by atoms with Gasteiger partial charge in [0, 0.05) is 12.3 Å². The standard InChI is InChI=1S/C8H14O2/c1-2-8(10)6-3-4-7(9)5-6/h6-7,9H,2-5H2,1H3. The topological polar surface area (TPSA) is 37.3 Å². The maximum atomic E-state index is 11.0. The SMILES string of the molecule is CCC(=O)C1CCC(O)C1. The third-order valence-electron chi connectivity index (χ3n) is 2.21. The van der Waals surface area contributed by atoms with Crippen LogP contribution in [0.25, 0.3) is 0 Å². The first kappa shape index (κ1) is 7.73. The molecule has 58 valence electrons. The number of aliphatic hydroxyl groups is 1. The van der Waals surface area contributed by atoms with Crippen LogP contribution >= 0.6 is 0 Å². The van der Waals surface area contributed by atoms with Crippen LogP contribution in [0, 0.1) is 5.92 Å². The smallest absolute Gasteiger partial charge is 0.135 e. The fraction of sp³-hybridized carbons (Fsp3) is 0.875. The first-order chi connectivity index (χ1) is 4.74. The fourth-order valence-electron chi connectivity index (χ4n) is 1.54. The lowest BCUT2D eigenvalue weighted by atomic mass is 10.0. The van der Waals surface area contributed by atoms with Gasteiger partial charge >= 0.3 is 0 Å². The lowest BCUT2D eigenvalue weighted by Crippen LogP contribution is -2.10. The van der Waals surface area contributed by atoms with Gasteiger partial charge in [-0.25, -0.2) is 0 Å². The molecule has 1 saturated carbocycles. The number of ketones is 1. The van der Waals surface area contributed by atoms with E-state index in [0.29, 0.717) is 18.6 Å². The minimum absolute atomic E-state index is 0.167. The van der Waals surface area contributed by atoms with E-state index < -0.39 is 0 Å². The first-order valence-electron chi connectivity index (χ1n) is 3.94. The van der Waals surface area contributed by atoms with Crippen molar-refractivity contribution in [2.24, 2.45) is 5.92 Å². The largest absolute Gasteiger partial charge is 0.393 e. The Hall–Kier alpha value is -0.370. The van der Waals surface area contributed by atoms with Crippen molar-refractivity contribution < 1.29 is 9.90 Å². The predicted octanol–water partition coefficient (Wildman–Crippen LogP) is 1.13. The second-order valence-electron chi connectivity index (χ2n) is 2.98. The highest BCUT2D eigenvalue weighted by Crippen LogP contribution is 2.26. The third kappa shape index (κ3) is 1.57. The van der Waals surface area contributed by atoms with Crippen molar-refractivity contribution in [3.63, 3.8) is 0 Å². The van der Waals surface area contributed by atoms with Crippen molar-refractivity contribution in [1.29, 1.82) is 0 Å². The van der Waals surface area contributed by atoms with Crippen molar-refractivity contribution in [1.82, 2.24) is 0 Å². The van der Waals surface area contributed by atoms with Crippen LogP contribution < -0.4 is 0 Å². The van der Waals surface area contributed by atoms with E-state index >= 15 is 0 Å². The van der Waals surface area contributed by atoms with Crippen LogP contribution in [0.5, 0.6) is 0 Å². The van der Waals surface area contributed by atoms with Crippen molar-refractivity contribution in [3.8, 4) is 0 Å². The monoisotopic (exact) mass is 142 g/mol. The molecule has 2 unspecified atom stereocenters. The minimum Gasteiger partial charge on any atom is -0.393 e. The summed E-state index contributed by atoms with van der Waals surface area (Å²) < 4.78 is 0. The predicted molar refractivity (Wildman–Crippen MR) is 38.6 cm³/mol. The Kier molecular flexibility index (Phi) is 2.44. The number of carbonyl (C=O) groups is 1. The van der Waals surface area contributed by atoms with Crippen LogP contribution in [-0.4, -0.2) is 17.0 Å². The van der Waals surface area contributed by atoms with Crippen molar-refractivity contribution in [3.05, 3.63) is 0 Å². The number of aliphatic hydroxyl groups excluding tert-OH is 1. The van der Waals surface area contributed by atoms with Crippen LogP contribution in [0.2, 0.25) is 0 Å². The van der Waals surface area contributed by atoms with Gasteiger partial charge in [-0.15, -0.1) is 0 Å². The van der Waals surface area contributed by atoms with E-state index in [-0.39, 0.29) is 12.0 Å². The normalized spacial score (nSPS) is 32.6. The molecule has 0 saturated heterocycles. The van der Waals surface area contributed by atoms with E-state index in [9.17, 15) is 4.79 Å². The summed E-state index contributed by atoms with van der Waals surface area (Å²) in [5.74, 6) is 0.483. The average molecular weight is 142 g/mol. The lowest BCUT2D eigenvalue weighted by Gasteiger charge is -2.04. The summed E-state index contributed by atoms with van der Waals surface area (Å²) in [4.78, 5) is 11.0. The van der Waals surface area contributed by atoms with Gasteiger partial charge in [-0.1, -0.05) is 6.92 Å². The molecule has 0 bridgehead atoms. The Morgan fingerprint density at radius 3 is 2.70 bits per heavy atom. The molecular formula is C8H14O2. The summed E-state index contributed by atoms with van der Waals surface area (Å²) in [6.45, 7) is 1.88. The molecule has 0 heterocycles. The minimum atomic E-state index is -0.208. The summed E-state index contributed by atoms with van der Waals surface area (Å²) in [7, 11) is 0. The van der Waals surface area contributed by atoms with Crippen LogP contribution in [-0.2, 0) is 4.79 Å². The summed E-state index contributed by atoms with van der Waals surface area (Å²) in [6.07, 6.45) is 2.83. The second kappa shape index (κ2) is 3.15. The van der Waals surface area contributed by atoms with Gasteiger partial charge < -0.3 is 5.11 Å². The van der Waals surface area contributed by atoms with Crippen LogP contribution in [0.4, 0.5) is 0 Å². The molecular weight excluding hydrogens is 128 g/mol. The molecule has 2 heteroatoms. The highest BCUT2D eigenvalue weighted by molar-refractivity contribution is 5.80. The van der Waals surface area contributed by atoms with Gasteiger partial charge in [0.25, 0.3) is 0 Å². The van der Waals surface area contributed by atoms with Gasteiger partial charge in [0.2, 0.25) is 0 Å². The Morgan fingerprint density at radius 1 is 1.60 bits per heavy atom. The maximum Gasteiger partial charge on any atom is 0.135 e. The third-order valence-corrected chi connectivity index (χ3v) is 2.21. The number of carbonyl (C=O) groups excluding carboxylic acids is 1. The molecule has 1 aliphatic carbocycles. The maximum absolute atomic E-state index is 11.0. The fourth-order valence-corrected chi connectivity index (χ4v) is 1.54. The Labute approximate surface area is 61.2 Å². The van der Waals surface area contributed by atoms with Crippen molar-refractivity contribution in [2.45, 2.75) is 38.7 Å². The van der Waals surface area contributed by atoms with E-state index in [1.165, 1.54) is 0 Å². The van der Waals surface area contributed by atoms with Gasteiger partial charge in [0.05, 0.1) is 6.10 Å². The summed E-state index contributed by atoms with van der Waals surface area (Å²) in [5, 5.41) is 9.09. The molecule has 0 radical (unpaired) electrons. The molecule has 1 N–H and O–H groups in total. The lowest BCUT2D eigenvalue weighted by molar-refractivity contribution is -0.122. The Morgan fingerprint density at radius 2 is 2.30 bits per heavy atom.